The van der Waals surface area contributed by atoms with Crippen LogP contribution in [0.3, 0.4) is 0 Å². The normalized spacial score (nSPS) is 13.4. The van der Waals surface area contributed by atoms with E-state index < -0.39 is 5.41 Å². The minimum absolute atomic E-state index is 0.655. The number of furan rings is 1. The maximum Gasteiger partial charge on any atom is 0.161 e. The predicted octanol–water partition coefficient (Wildman–Crippen LogP) is 11.8. The molecular formula is C47H28N2O2. The van der Waals surface area contributed by atoms with E-state index in [2.05, 4.69) is 152 Å². The summed E-state index contributed by atoms with van der Waals surface area (Å²) >= 11 is 0. The molecule has 0 N–H and O–H groups in total. The molecule has 0 fully saturated rings. The van der Waals surface area contributed by atoms with Gasteiger partial charge < -0.3 is 9.15 Å². The third-order valence-corrected chi connectivity index (χ3v) is 10.6. The van der Waals surface area contributed by atoms with Gasteiger partial charge in [0.15, 0.2) is 5.82 Å². The molecule has 0 radical (unpaired) electrons. The van der Waals surface area contributed by atoms with Gasteiger partial charge in [-0.3, -0.25) is 0 Å². The molecule has 11 rings (SSSR count). The largest absolute Gasteiger partial charge is 0.457 e. The smallest absolute Gasteiger partial charge is 0.161 e. The van der Waals surface area contributed by atoms with Gasteiger partial charge in [-0.15, -0.1) is 0 Å². The van der Waals surface area contributed by atoms with Gasteiger partial charge in [-0.05, 0) is 52.6 Å². The maximum absolute atomic E-state index is 6.64. The number of ether oxygens (including phenoxy) is 1. The standard InChI is InChI=1S/C47H28N2O2/c1-3-14-29(15-4-1)37-28-38(30-16-5-2-6-17-30)49-46(48-37)32-19-13-22-35-43(32)45-36(26-27-42-44(45)31-18-7-10-23-39(31)50-42)47(35)33-20-8-11-24-40(33)51-41-25-12-9-21-34(41)47/h1-28H. The SMILES string of the molecule is c1ccc(-c2cc(-c3ccccc3)nc(-c3cccc4c3-c3c(ccc5oc6ccccc6c35)C43c4ccccc4Oc4ccccc43)n2)cc1. The highest BCUT2D eigenvalue weighted by atomic mass is 16.5. The van der Waals surface area contributed by atoms with Gasteiger partial charge in [-0.1, -0.05) is 140 Å². The molecule has 0 saturated heterocycles. The Labute approximate surface area is 294 Å². The first-order valence-corrected chi connectivity index (χ1v) is 17.2. The van der Waals surface area contributed by atoms with E-state index in [-0.39, 0.29) is 0 Å². The van der Waals surface area contributed by atoms with Crippen LogP contribution >= 0.6 is 0 Å². The van der Waals surface area contributed by atoms with E-state index in [0.29, 0.717) is 5.82 Å². The summed E-state index contributed by atoms with van der Waals surface area (Å²) in [5, 5.41) is 2.18. The van der Waals surface area contributed by atoms with Crippen LogP contribution in [0.4, 0.5) is 0 Å². The summed E-state index contributed by atoms with van der Waals surface area (Å²) in [7, 11) is 0. The molecule has 1 spiro atoms. The number of aromatic nitrogens is 2. The Hall–Kier alpha value is -6.78. The van der Waals surface area contributed by atoms with Gasteiger partial charge in [0, 0.05) is 38.6 Å². The Bertz CT molecular complexity index is 2730. The van der Waals surface area contributed by atoms with Gasteiger partial charge in [0.25, 0.3) is 0 Å². The molecule has 3 heterocycles. The second-order valence-electron chi connectivity index (χ2n) is 13.2. The monoisotopic (exact) mass is 652 g/mol. The first kappa shape index (κ1) is 28.1. The van der Waals surface area contributed by atoms with Crippen LogP contribution in [0.5, 0.6) is 11.5 Å². The fourth-order valence-corrected chi connectivity index (χ4v) is 8.51. The Morgan fingerprint density at radius 3 is 1.69 bits per heavy atom. The molecule has 4 heteroatoms. The molecule has 7 aromatic carbocycles. The number of fused-ring (bicyclic) bond motifs is 13. The minimum Gasteiger partial charge on any atom is -0.457 e. The van der Waals surface area contributed by atoms with Gasteiger partial charge in [-0.2, -0.15) is 0 Å². The molecule has 0 unspecified atom stereocenters. The van der Waals surface area contributed by atoms with Crippen molar-refractivity contribution in [3.8, 4) is 56.5 Å². The van der Waals surface area contributed by atoms with Crippen molar-refractivity contribution >= 4 is 21.9 Å². The van der Waals surface area contributed by atoms with Gasteiger partial charge in [0.05, 0.1) is 16.8 Å². The molecule has 0 saturated carbocycles. The van der Waals surface area contributed by atoms with Crippen LogP contribution in [0.2, 0.25) is 0 Å². The molecule has 2 aliphatic rings. The number of hydrogen-bond donors (Lipinski definition) is 0. The average molecular weight is 653 g/mol. The van der Waals surface area contributed by atoms with E-state index in [9.17, 15) is 0 Å². The molecule has 0 atom stereocenters. The Kier molecular flexibility index (Phi) is 5.84. The van der Waals surface area contributed by atoms with Crippen molar-refractivity contribution in [2.45, 2.75) is 5.41 Å². The van der Waals surface area contributed by atoms with Crippen LogP contribution in [-0.4, -0.2) is 9.97 Å². The van der Waals surface area contributed by atoms with Crippen molar-refractivity contribution in [3.05, 3.63) is 192 Å². The number of nitrogens with zero attached hydrogens (tertiary/aromatic N) is 2. The lowest BCUT2D eigenvalue weighted by Gasteiger charge is -2.39. The Balaban J connectivity index is 1.31. The topological polar surface area (TPSA) is 48.2 Å². The molecule has 1 aliphatic carbocycles. The molecule has 0 amide bonds. The zero-order chi connectivity index (χ0) is 33.5. The van der Waals surface area contributed by atoms with Crippen molar-refractivity contribution in [2.75, 3.05) is 0 Å². The van der Waals surface area contributed by atoms with Gasteiger partial charge in [-0.25, -0.2) is 9.97 Å². The molecule has 1 aliphatic heterocycles. The van der Waals surface area contributed by atoms with Crippen LogP contribution in [0.1, 0.15) is 22.3 Å². The highest BCUT2D eigenvalue weighted by Crippen LogP contribution is 2.64. The zero-order valence-electron chi connectivity index (χ0n) is 27.4. The summed E-state index contributed by atoms with van der Waals surface area (Å²) in [5.74, 6) is 2.38. The summed E-state index contributed by atoms with van der Waals surface area (Å²) in [6.45, 7) is 0. The van der Waals surface area contributed by atoms with Crippen LogP contribution in [0.15, 0.2) is 174 Å². The molecule has 2 aromatic heterocycles. The Morgan fingerprint density at radius 2 is 1.00 bits per heavy atom. The van der Waals surface area contributed by atoms with E-state index in [1.807, 2.05) is 18.2 Å². The second kappa shape index (κ2) is 10.6. The third kappa shape index (κ3) is 3.90. The maximum atomic E-state index is 6.64. The molecule has 0 bridgehead atoms. The molecule has 9 aromatic rings. The highest BCUT2D eigenvalue weighted by molar-refractivity contribution is 6.17. The average Bonchev–Trinajstić information content (AvgIpc) is 3.72. The summed E-state index contributed by atoms with van der Waals surface area (Å²) < 4.78 is 13.2. The quantitative estimate of drug-likeness (QED) is 0.191. The van der Waals surface area contributed by atoms with E-state index in [4.69, 9.17) is 19.1 Å². The minimum atomic E-state index is -0.655. The second-order valence-corrected chi connectivity index (χ2v) is 13.2. The fourth-order valence-electron chi connectivity index (χ4n) is 8.51. The summed E-state index contributed by atoms with van der Waals surface area (Å²) in [6.07, 6.45) is 0. The van der Waals surface area contributed by atoms with Crippen LogP contribution in [-0.2, 0) is 5.41 Å². The number of para-hydroxylation sites is 3. The van der Waals surface area contributed by atoms with E-state index in [1.54, 1.807) is 0 Å². The van der Waals surface area contributed by atoms with Crippen molar-refractivity contribution in [1.82, 2.24) is 9.97 Å². The zero-order valence-corrected chi connectivity index (χ0v) is 27.4. The lowest BCUT2D eigenvalue weighted by atomic mass is 9.66. The van der Waals surface area contributed by atoms with Gasteiger partial charge in [0.2, 0.25) is 0 Å². The first-order chi connectivity index (χ1) is 25.3. The molecule has 238 valence electrons. The van der Waals surface area contributed by atoms with E-state index in [1.165, 1.54) is 11.1 Å². The lowest BCUT2D eigenvalue weighted by Crippen LogP contribution is -2.32. The summed E-state index contributed by atoms with van der Waals surface area (Å²) in [4.78, 5) is 10.7. The number of rotatable bonds is 3. The number of hydrogen-bond acceptors (Lipinski definition) is 4. The van der Waals surface area contributed by atoms with Crippen molar-refractivity contribution in [2.24, 2.45) is 0 Å². The van der Waals surface area contributed by atoms with Gasteiger partial charge in [0.1, 0.15) is 22.7 Å². The molecular weight excluding hydrogens is 625 g/mol. The van der Waals surface area contributed by atoms with Crippen LogP contribution in [0.25, 0.3) is 67.0 Å². The van der Waals surface area contributed by atoms with Crippen LogP contribution < -0.4 is 4.74 Å². The lowest BCUT2D eigenvalue weighted by molar-refractivity contribution is 0.436. The third-order valence-electron chi connectivity index (χ3n) is 10.6. The van der Waals surface area contributed by atoms with Crippen LogP contribution in [0, 0.1) is 0 Å². The summed E-state index contributed by atoms with van der Waals surface area (Å²) in [5.41, 5.74) is 12.7. The molecule has 4 nitrogen and oxygen atoms in total. The van der Waals surface area contributed by atoms with E-state index >= 15 is 0 Å². The first-order valence-electron chi connectivity index (χ1n) is 17.2. The summed E-state index contributed by atoms with van der Waals surface area (Å²) in [6, 6.07) is 59.1. The van der Waals surface area contributed by atoms with E-state index in [0.717, 1.165) is 83.8 Å². The fraction of sp³-hybridized carbons (Fsp3) is 0.0213. The highest BCUT2D eigenvalue weighted by Gasteiger charge is 2.52. The Morgan fingerprint density at radius 1 is 0.431 bits per heavy atom. The molecule has 51 heavy (non-hydrogen) atoms. The van der Waals surface area contributed by atoms with Gasteiger partial charge >= 0.3 is 0 Å². The number of benzene rings is 7. The van der Waals surface area contributed by atoms with Crippen molar-refractivity contribution in [3.63, 3.8) is 0 Å². The van der Waals surface area contributed by atoms with Crippen molar-refractivity contribution < 1.29 is 9.15 Å². The predicted molar refractivity (Wildman–Crippen MR) is 203 cm³/mol. The van der Waals surface area contributed by atoms with Crippen molar-refractivity contribution in [1.29, 1.82) is 0 Å².